The second-order valence-corrected chi connectivity index (χ2v) is 11.2. The molecule has 8 aromatic carbocycles. The summed E-state index contributed by atoms with van der Waals surface area (Å²) in [6.07, 6.45) is 0. The molecule has 0 N–H and O–H groups in total. The Morgan fingerprint density at radius 1 is 0.349 bits per heavy atom. The van der Waals surface area contributed by atoms with Gasteiger partial charge in [0.1, 0.15) is 5.75 Å². The van der Waals surface area contributed by atoms with E-state index in [1.54, 1.807) is 0 Å². The molecule has 0 amide bonds. The van der Waals surface area contributed by atoms with Crippen LogP contribution in [0.5, 0.6) is 5.75 Å². The standard InChI is InChI=1S/C42H30O/c1-2-43-38-20-19-34-22-37(18-16-35(34)23-38)40-25-31-12-6-8-14-33(31)27-42(40)41-26-32-13-7-5-11-30(32)24-39(41)36-17-15-28-9-3-4-10-29(28)21-36/h3-27H,2H2,1H3. The van der Waals surface area contributed by atoms with E-state index >= 15 is 0 Å². The van der Waals surface area contributed by atoms with E-state index in [4.69, 9.17) is 4.74 Å². The molecule has 204 valence electrons. The molecule has 0 saturated carbocycles. The SMILES string of the molecule is CCOc1ccc2cc(-c3cc4ccccc4cc3-c3cc4ccccc4cc3-c3ccc4ccccc4c3)ccc2c1. The second kappa shape index (κ2) is 10.5. The van der Waals surface area contributed by atoms with Crippen LogP contribution >= 0.6 is 0 Å². The van der Waals surface area contributed by atoms with Gasteiger partial charge in [-0.1, -0.05) is 103 Å². The predicted octanol–water partition coefficient (Wildman–Crippen LogP) is 11.7. The third-order valence-corrected chi connectivity index (χ3v) is 8.56. The lowest BCUT2D eigenvalue weighted by Gasteiger charge is -2.18. The Labute approximate surface area is 251 Å². The normalized spacial score (nSPS) is 11.5. The van der Waals surface area contributed by atoms with Crippen molar-refractivity contribution in [3.63, 3.8) is 0 Å². The molecule has 0 heterocycles. The molecular weight excluding hydrogens is 520 g/mol. The van der Waals surface area contributed by atoms with Crippen LogP contribution in [0, 0.1) is 0 Å². The fourth-order valence-electron chi connectivity index (χ4n) is 6.41. The number of benzene rings is 8. The summed E-state index contributed by atoms with van der Waals surface area (Å²) in [5, 5.41) is 9.84. The molecule has 0 unspecified atom stereocenters. The summed E-state index contributed by atoms with van der Waals surface area (Å²) in [5.41, 5.74) is 7.37. The average molecular weight is 551 g/mol. The van der Waals surface area contributed by atoms with Gasteiger partial charge in [0.2, 0.25) is 0 Å². The van der Waals surface area contributed by atoms with Gasteiger partial charge in [-0.05, 0) is 132 Å². The Bertz CT molecular complexity index is 2310. The van der Waals surface area contributed by atoms with Gasteiger partial charge in [0.25, 0.3) is 0 Å². The molecule has 0 fully saturated rings. The summed E-state index contributed by atoms with van der Waals surface area (Å²) in [5.74, 6) is 0.908. The monoisotopic (exact) mass is 550 g/mol. The molecule has 0 aliphatic rings. The molecule has 43 heavy (non-hydrogen) atoms. The van der Waals surface area contributed by atoms with E-state index in [-0.39, 0.29) is 0 Å². The molecule has 0 aromatic heterocycles. The zero-order valence-electron chi connectivity index (χ0n) is 24.0. The van der Waals surface area contributed by atoms with Gasteiger partial charge in [0.05, 0.1) is 6.61 Å². The third kappa shape index (κ3) is 4.60. The quantitative estimate of drug-likeness (QED) is 0.207. The van der Waals surface area contributed by atoms with Crippen molar-refractivity contribution in [2.45, 2.75) is 6.92 Å². The van der Waals surface area contributed by atoms with Crippen LogP contribution in [0.15, 0.2) is 152 Å². The average Bonchev–Trinajstić information content (AvgIpc) is 3.07. The third-order valence-electron chi connectivity index (χ3n) is 8.56. The molecule has 0 bridgehead atoms. The Morgan fingerprint density at radius 3 is 1.23 bits per heavy atom. The Balaban J connectivity index is 1.41. The summed E-state index contributed by atoms with van der Waals surface area (Å²) in [6.45, 7) is 2.68. The molecule has 1 nitrogen and oxygen atoms in total. The largest absolute Gasteiger partial charge is 0.494 e. The van der Waals surface area contributed by atoms with E-state index in [1.807, 2.05) is 6.92 Å². The minimum absolute atomic E-state index is 0.662. The van der Waals surface area contributed by atoms with E-state index in [9.17, 15) is 0 Å². The summed E-state index contributed by atoms with van der Waals surface area (Å²) in [4.78, 5) is 0. The molecule has 0 aliphatic heterocycles. The van der Waals surface area contributed by atoms with Crippen LogP contribution < -0.4 is 4.74 Å². The number of fused-ring (bicyclic) bond motifs is 4. The Kier molecular flexibility index (Phi) is 6.16. The molecule has 0 spiro atoms. The molecular formula is C42H30O. The number of rotatable bonds is 5. The van der Waals surface area contributed by atoms with Crippen molar-refractivity contribution < 1.29 is 4.74 Å². The van der Waals surface area contributed by atoms with E-state index in [0.717, 1.165) is 5.75 Å². The zero-order chi connectivity index (χ0) is 28.8. The van der Waals surface area contributed by atoms with Crippen molar-refractivity contribution in [2.24, 2.45) is 0 Å². The van der Waals surface area contributed by atoms with Gasteiger partial charge in [-0.25, -0.2) is 0 Å². The van der Waals surface area contributed by atoms with E-state index < -0.39 is 0 Å². The molecule has 8 rings (SSSR count). The second-order valence-electron chi connectivity index (χ2n) is 11.2. The predicted molar refractivity (Wildman–Crippen MR) is 184 cm³/mol. The maximum absolute atomic E-state index is 5.77. The van der Waals surface area contributed by atoms with Gasteiger partial charge >= 0.3 is 0 Å². The fraction of sp³-hybridized carbons (Fsp3) is 0.0476. The van der Waals surface area contributed by atoms with Gasteiger partial charge in [-0.3, -0.25) is 0 Å². The van der Waals surface area contributed by atoms with Crippen molar-refractivity contribution in [1.82, 2.24) is 0 Å². The first-order valence-corrected chi connectivity index (χ1v) is 15.0. The van der Waals surface area contributed by atoms with E-state index in [0.29, 0.717) is 6.61 Å². The van der Waals surface area contributed by atoms with Crippen LogP contribution in [0.1, 0.15) is 6.92 Å². The van der Waals surface area contributed by atoms with Crippen LogP contribution in [0.4, 0.5) is 0 Å². The number of ether oxygens (including phenoxy) is 1. The smallest absolute Gasteiger partial charge is 0.119 e. The first-order valence-electron chi connectivity index (χ1n) is 15.0. The summed E-state index contributed by atoms with van der Waals surface area (Å²) in [7, 11) is 0. The van der Waals surface area contributed by atoms with Crippen molar-refractivity contribution in [1.29, 1.82) is 0 Å². The van der Waals surface area contributed by atoms with Crippen LogP contribution in [0.25, 0.3) is 76.5 Å². The Hall–Kier alpha value is -5.40. The van der Waals surface area contributed by atoms with Gasteiger partial charge in [-0.15, -0.1) is 0 Å². The summed E-state index contributed by atoms with van der Waals surface area (Å²) < 4.78 is 5.77. The van der Waals surface area contributed by atoms with Gasteiger partial charge in [0.15, 0.2) is 0 Å². The highest BCUT2D eigenvalue weighted by Crippen LogP contribution is 2.43. The lowest BCUT2D eigenvalue weighted by molar-refractivity contribution is 0.341. The minimum Gasteiger partial charge on any atom is -0.494 e. The molecule has 0 aliphatic carbocycles. The van der Waals surface area contributed by atoms with Crippen LogP contribution in [0.3, 0.4) is 0 Å². The first-order chi connectivity index (χ1) is 21.2. The van der Waals surface area contributed by atoms with Crippen molar-refractivity contribution in [3.8, 4) is 39.1 Å². The highest BCUT2D eigenvalue weighted by Gasteiger charge is 2.16. The van der Waals surface area contributed by atoms with Gasteiger partial charge in [-0.2, -0.15) is 0 Å². The maximum atomic E-state index is 5.77. The lowest BCUT2D eigenvalue weighted by Crippen LogP contribution is -1.92. The molecule has 0 radical (unpaired) electrons. The van der Waals surface area contributed by atoms with E-state index in [2.05, 4.69) is 152 Å². The number of hydrogen-bond donors (Lipinski definition) is 0. The number of hydrogen-bond acceptors (Lipinski definition) is 1. The van der Waals surface area contributed by atoms with Gasteiger partial charge in [0, 0.05) is 0 Å². The topological polar surface area (TPSA) is 9.23 Å². The molecule has 0 atom stereocenters. The van der Waals surface area contributed by atoms with Crippen LogP contribution in [-0.4, -0.2) is 6.61 Å². The minimum atomic E-state index is 0.662. The summed E-state index contributed by atoms with van der Waals surface area (Å²) >= 11 is 0. The highest BCUT2D eigenvalue weighted by atomic mass is 16.5. The molecule has 0 saturated heterocycles. The fourth-order valence-corrected chi connectivity index (χ4v) is 6.41. The maximum Gasteiger partial charge on any atom is 0.119 e. The summed E-state index contributed by atoms with van der Waals surface area (Å²) in [6, 6.07) is 55.4. The van der Waals surface area contributed by atoms with E-state index in [1.165, 1.54) is 76.5 Å². The highest BCUT2D eigenvalue weighted by molar-refractivity contribution is 6.05. The van der Waals surface area contributed by atoms with Crippen molar-refractivity contribution in [2.75, 3.05) is 6.61 Å². The van der Waals surface area contributed by atoms with Crippen LogP contribution in [0.2, 0.25) is 0 Å². The zero-order valence-corrected chi connectivity index (χ0v) is 24.0. The lowest BCUT2D eigenvalue weighted by atomic mass is 9.85. The Morgan fingerprint density at radius 2 is 0.721 bits per heavy atom. The molecule has 1 heteroatoms. The van der Waals surface area contributed by atoms with Crippen molar-refractivity contribution >= 4 is 43.1 Å². The van der Waals surface area contributed by atoms with Crippen molar-refractivity contribution in [3.05, 3.63) is 152 Å². The van der Waals surface area contributed by atoms with Crippen LogP contribution in [-0.2, 0) is 0 Å². The molecule has 8 aromatic rings. The van der Waals surface area contributed by atoms with Gasteiger partial charge < -0.3 is 4.74 Å². The first kappa shape index (κ1) is 25.3.